The third-order valence-corrected chi connectivity index (χ3v) is 7.13. The van der Waals surface area contributed by atoms with Gasteiger partial charge in [0.1, 0.15) is 15.5 Å². The first kappa shape index (κ1) is 25.0. The van der Waals surface area contributed by atoms with Gasteiger partial charge in [0.15, 0.2) is 0 Å². The summed E-state index contributed by atoms with van der Waals surface area (Å²) in [4.78, 5) is 31.1. The molecule has 0 atom stereocenters. The number of hydrogen-bond donors (Lipinski definition) is 2. The number of amides is 1. The summed E-state index contributed by atoms with van der Waals surface area (Å²) in [7, 11) is 1.62. The van der Waals surface area contributed by atoms with Gasteiger partial charge in [0.25, 0.3) is 5.91 Å². The van der Waals surface area contributed by atoms with Gasteiger partial charge in [-0.3, -0.25) is 4.79 Å². The second kappa shape index (κ2) is 10.7. The molecule has 0 saturated heterocycles. The number of nitrogen functional groups attached to an aromatic ring is 1. The van der Waals surface area contributed by atoms with Gasteiger partial charge in [-0.1, -0.05) is 42.5 Å². The highest BCUT2D eigenvalue weighted by atomic mass is 32.1. The molecule has 0 bridgehead atoms. The van der Waals surface area contributed by atoms with Crippen LogP contribution in [0.2, 0.25) is 0 Å². The largest absolute Gasteiger partial charge is 0.497 e. The molecule has 5 aromatic rings. The molecule has 3 N–H and O–H groups in total. The minimum Gasteiger partial charge on any atom is -0.497 e. The molecule has 1 amide bonds. The van der Waals surface area contributed by atoms with Crippen molar-refractivity contribution in [2.45, 2.75) is 6.92 Å². The number of fused-ring (bicyclic) bond motifs is 1. The van der Waals surface area contributed by atoms with E-state index in [4.69, 9.17) is 20.2 Å². The molecule has 0 spiro atoms. The van der Waals surface area contributed by atoms with Gasteiger partial charge in [0.2, 0.25) is 0 Å². The molecule has 0 aliphatic carbocycles. The number of nitrogens with one attached hydrogen (secondary N) is 1. The van der Waals surface area contributed by atoms with Crippen molar-refractivity contribution < 1.29 is 19.1 Å². The molecule has 0 fully saturated rings. The molecule has 2 heterocycles. The van der Waals surface area contributed by atoms with Crippen LogP contribution >= 0.6 is 11.3 Å². The van der Waals surface area contributed by atoms with Gasteiger partial charge in [-0.2, -0.15) is 0 Å². The molecule has 0 unspecified atom stereocenters. The molecule has 5 rings (SSSR count). The van der Waals surface area contributed by atoms with Gasteiger partial charge >= 0.3 is 5.97 Å². The van der Waals surface area contributed by atoms with Crippen molar-refractivity contribution in [2.75, 3.05) is 24.8 Å². The van der Waals surface area contributed by atoms with Crippen LogP contribution in [0.5, 0.6) is 5.75 Å². The minimum absolute atomic E-state index is 0.293. The van der Waals surface area contributed by atoms with Crippen LogP contribution < -0.4 is 15.8 Å². The maximum Gasteiger partial charge on any atom is 0.338 e. The van der Waals surface area contributed by atoms with Crippen LogP contribution in [0.25, 0.3) is 32.6 Å². The average molecular weight is 524 g/mol. The van der Waals surface area contributed by atoms with E-state index in [1.165, 1.54) is 11.3 Å². The average Bonchev–Trinajstić information content (AvgIpc) is 3.30. The topological polar surface area (TPSA) is 104 Å². The second-order valence-electron chi connectivity index (χ2n) is 8.43. The zero-order valence-electron chi connectivity index (χ0n) is 20.9. The molecule has 0 aliphatic heterocycles. The smallest absolute Gasteiger partial charge is 0.338 e. The van der Waals surface area contributed by atoms with Crippen molar-refractivity contribution in [2.24, 2.45) is 0 Å². The summed E-state index contributed by atoms with van der Waals surface area (Å²) in [6.45, 7) is 2.04. The zero-order chi connectivity index (χ0) is 26.6. The van der Waals surface area contributed by atoms with Crippen molar-refractivity contribution in [1.29, 1.82) is 0 Å². The molecule has 8 heteroatoms. The summed E-state index contributed by atoms with van der Waals surface area (Å²) >= 11 is 1.24. The van der Waals surface area contributed by atoms with Crippen LogP contribution in [0.1, 0.15) is 27.0 Å². The first-order valence-corrected chi connectivity index (χ1v) is 12.8. The number of nitrogens with two attached hydrogens (primary N) is 1. The molecule has 0 radical (unpaired) electrons. The summed E-state index contributed by atoms with van der Waals surface area (Å²) in [5, 5.41) is 3.60. The number of esters is 1. The lowest BCUT2D eigenvalue weighted by Crippen LogP contribution is -2.12. The lowest BCUT2D eigenvalue weighted by molar-refractivity contribution is 0.0526. The Labute approximate surface area is 223 Å². The van der Waals surface area contributed by atoms with Crippen molar-refractivity contribution in [3.63, 3.8) is 0 Å². The Kier molecular flexibility index (Phi) is 7.06. The number of anilines is 2. The Hall–Kier alpha value is -4.69. The number of hydrogen-bond acceptors (Lipinski definition) is 7. The van der Waals surface area contributed by atoms with Crippen LogP contribution in [-0.2, 0) is 4.74 Å². The normalized spacial score (nSPS) is 10.8. The first-order chi connectivity index (χ1) is 18.5. The van der Waals surface area contributed by atoms with E-state index in [0.29, 0.717) is 33.3 Å². The van der Waals surface area contributed by atoms with Gasteiger partial charge in [0.05, 0.1) is 30.7 Å². The highest BCUT2D eigenvalue weighted by molar-refractivity contribution is 7.21. The summed E-state index contributed by atoms with van der Waals surface area (Å²) in [5.41, 5.74) is 11.5. The van der Waals surface area contributed by atoms with Gasteiger partial charge in [0, 0.05) is 16.6 Å². The van der Waals surface area contributed by atoms with Crippen LogP contribution in [0.15, 0.2) is 84.9 Å². The molecule has 190 valence electrons. The highest BCUT2D eigenvalue weighted by Crippen LogP contribution is 2.41. The number of rotatable bonds is 7. The molecule has 2 aromatic heterocycles. The SMILES string of the molecule is CCOC(=O)c1ccc(NC(=O)c2sc3nc(-c4ccccc4)cc(-c4ccc(OC)cc4)c3c2N)cc1. The summed E-state index contributed by atoms with van der Waals surface area (Å²) in [6.07, 6.45) is 0. The number of methoxy groups -OCH3 is 1. The third kappa shape index (κ3) is 4.94. The fourth-order valence-electron chi connectivity index (χ4n) is 4.14. The van der Waals surface area contributed by atoms with E-state index in [1.54, 1.807) is 38.3 Å². The van der Waals surface area contributed by atoms with Crippen molar-refractivity contribution >= 4 is 44.8 Å². The number of ether oxygens (including phenoxy) is 2. The van der Waals surface area contributed by atoms with E-state index in [2.05, 4.69) is 5.32 Å². The summed E-state index contributed by atoms with van der Waals surface area (Å²) < 4.78 is 10.3. The lowest BCUT2D eigenvalue weighted by atomic mass is 9.99. The predicted octanol–water partition coefficient (Wildman–Crippen LogP) is 6.65. The Morgan fingerprint density at radius 1 is 0.947 bits per heavy atom. The van der Waals surface area contributed by atoms with Gasteiger partial charge in [-0.25, -0.2) is 9.78 Å². The minimum atomic E-state index is -0.412. The second-order valence-corrected chi connectivity index (χ2v) is 9.43. The van der Waals surface area contributed by atoms with Crippen molar-refractivity contribution in [3.05, 3.63) is 95.4 Å². The molecule has 3 aromatic carbocycles. The lowest BCUT2D eigenvalue weighted by Gasteiger charge is -2.10. The molecular weight excluding hydrogens is 498 g/mol. The molecule has 38 heavy (non-hydrogen) atoms. The molecular formula is C30H25N3O4S. The Morgan fingerprint density at radius 2 is 1.66 bits per heavy atom. The van der Waals surface area contributed by atoms with E-state index in [-0.39, 0.29) is 5.91 Å². The van der Waals surface area contributed by atoms with Gasteiger partial charge in [-0.05, 0) is 60.5 Å². The van der Waals surface area contributed by atoms with Crippen LogP contribution in [-0.4, -0.2) is 30.6 Å². The molecule has 0 saturated carbocycles. The van der Waals surface area contributed by atoms with Gasteiger partial charge in [-0.15, -0.1) is 11.3 Å². The number of thiophene rings is 1. The van der Waals surface area contributed by atoms with E-state index in [9.17, 15) is 9.59 Å². The number of benzene rings is 3. The monoisotopic (exact) mass is 523 g/mol. The number of pyridine rings is 1. The standard InChI is InChI=1S/C30H25N3O4S/c1-3-37-30(35)20-9-13-21(14-10-20)32-28(34)27-26(31)25-23(18-11-15-22(36-2)16-12-18)17-24(33-29(25)38-27)19-7-5-4-6-8-19/h4-17H,3,31H2,1-2H3,(H,32,34). The summed E-state index contributed by atoms with van der Waals surface area (Å²) in [5.74, 6) is -0.0172. The first-order valence-electron chi connectivity index (χ1n) is 12.0. The quantitative estimate of drug-likeness (QED) is 0.232. The van der Waals surface area contributed by atoms with Crippen LogP contribution in [0.3, 0.4) is 0 Å². The number of aromatic nitrogens is 1. The number of carbonyl (C=O) groups is 2. The van der Waals surface area contributed by atoms with Crippen molar-refractivity contribution in [1.82, 2.24) is 4.98 Å². The van der Waals surface area contributed by atoms with E-state index < -0.39 is 5.97 Å². The Morgan fingerprint density at radius 3 is 2.32 bits per heavy atom. The van der Waals surface area contributed by atoms with Crippen molar-refractivity contribution in [3.8, 4) is 28.1 Å². The maximum atomic E-state index is 13.3. The number of nitrogens with zero attached hydrogens (tertiary/aromatic N) is 1. The fourth-order valence-corrected chi connectivity index (χ4v) is 5.15. The molecule has 0 aliphatic rings. The van der Waals surface area contributed by atoms with Crippen LogP contribution in [0.4, 0.5) is 11.4 Å². The van der Waals surface area contributed by atoms with Crippen LogP contribution in [0, 0.1) is 0 Å². The third-order valence-electron chi connectivity index (χ3n) is 6.03. The Bertz CT molecular complexity index is 1610. The molecule has 7 nitrogen and oxygen atoms in total. The highest BCUT2D eigenvalue weighted by Gasteiger charge is 2.22. The van der Waals surface area contributed by atoms with E-state index in [0.717, 1.165) is 33.5 Å². The Balaban J connectivity index is 1.55. The fraction of sp³-hybridized carbons (Fsp3) is 0.100. The van der Waals surface area contributed by atoms with Gasteiger partial charge < -0.3 is 20.5 Å². The van der Waals surface area contributed by atoms with E-state index >= 15 is 0 Å². The summed E-state index contributed by atoms with van der Waals surface area (Å²) in [6, 6.07) is 26.1. The van der Waals surface area contributed by atoms with E-state index in [1.807, 2.05) is 60.7 Å². The predicted molar refractivity (Wildman–Crippen MR) is 152 cm³/mol. The number of carbonyl (C=O) groups excluding carboxylic acids is 2. The maximum absolute atomic E-state index is 13.3. The zero-order valence-corrected chi connectivity index (χ0v) is 21.7.